The lowest BCUT2D eigenvalue weighted by molar-refractivity contribution is 0.520. The molecule has 2 aliphatic carbocycles. The van der Waals surface area contributed by atoms with Gasteiger partial charge in [-0.1, -0.05) is 0 Å². The SMILES string of the molecule is Cc1nc2c([nH]1)c(=O)n(CC1CC1)c(=O)n2CC1CC1. The van der Waals surface area contributed by atoms with Gasteiger partial charge in [-0.3, -0.25) is 13.9 Å². The fourth-order valence-corrected chi connectivity index (χ4v) is 2.72. The predicted octanol–water partition coefficient (Wildman–Crippen LogP) is 1.01. The third-order valence-corrected chi connectivity index (χ3v) is 4.26. The number of imidazole rings is 1. The number of aromatic nitrogens is 4. The van der Waals surface area contributed by atoms with Crippen molar-refractivity contribution in [3.8, 4) is 0 Å². The van der Waals surface area contributed by atoms with Crippen molar-refractivity contribution in [2.24, 2.45) is 11.8 Å². The monoisotopic (exact) mass is 274 g/mol. The minimum atomic E-state index is -0.218. The van der Waals surface area contributed by atoms with E-state index in [0.29, 0.717) is 41.9 Å². The largest absolute Gasteiger partial charge is 0.336 e. The molecule has 2 aromatic rings. The van der Waals surface area contributed by atoms with Crippen LogP contribution in [0, 0.1) is 18.8 Å². The molecule has 0 spiro atoms. The van der Waals surface area contributed by atoms with Gasteiger partial charge >= 0.3 is 5.69 Å². The van der Waals surface area contributed by atoms with E-state index in [0.717, 1.165) is 12.8 Å². The molecule has 0 atom stereocenters. The third-order valence-electron chi connectivity index (χ3n) is 4.26. The van der Waals surface area contributed by atoms with Crippen molar-refractivity contribution < 1.29 is 0 Å². The van der Waals surface area contributed by atoms with Gasteiger partial charge in [0.25, 0.3) is 5.56 Å². The fourth-order valence-electron chi connectivity index (χ4n) is 2.72. The second-order valence-corrected chi connectivity index (χ2v) is 6.22. The molecular formula is C14H18N4O2. The van der Waals surface area contributed by atoms with E-state index in [-0.39, 0.29) is 11.2 Å². The Morgan fingerprint density at radius 1 is 1.10 bits per heavy atom. The molecule has 106 valence electrons. The number of hydrogen-bond donors (Lipinski definition) is 1. The van der Waals surface area contributed by atoms with Crippen LogP contribution in [0.15, 0.2) is 9.59 Å². The first-order valence-electron chi connectivity index (χ1n) is 7.33. The molecular weight excluding hydrogens is 256 g/mol. The van der Waals surface area contributed by atoms with Gasteiger partial charge in [-0.15, -0.1) is 0 Å². The van der Waals surface area contributed by atoms with Crippen LogP contribution in [0.25, 0.3) is 11.2 Å². The average molecular weight is 274 g/mol. The summed E-state index contributed by atoms with van der Waals surface area (Å²) < 4.78 is 3.10. The molecule has 2 heterocycles. The summed E-state index contributed by atoms with van der Waals surface area (Å²) in [6.07, 6.45) is 4.57. The van der Waals surface area contributed by atoms with Crippen molar-refractivity contribution in [2.75, 3.05) is 0 Å². The van der Waals surface area contributed by atoms with Crippen molar-refractivity contribution in [3.05, 3.63) is 26.7 Å². The second kappa shape index (κ2) is 4.07. The van der Waals surface area contributed by atoms with Crippen LogP contribution in [-0.2, 0) is 13.1 Å². The van der Waals surface area contributed by atoms with Crippen LogP contribution >= 0.6 is 0 Å². The van der Waals surface area contributed by atoms with Gasteiger partial charge in [0.15, 0.2) is 5.65 Å². The van der Waals surface area contributed by atoms with Crippen LogP contribution in [0.4, 0.5) is 0 Å². The molecule has 2 saturated carbocycles. The molecule has 0 unspecified atom stereocenters. The third kappa shape index (κ3) is 1.90. The summed E-state index contributed by atoms with van der Waals surface area (Å²) in [5.41, 5.74) is 0.595. The van der Waals surface area contributed by atoms with Gasteiger partial charge in [0.1, 0.15) is 11.3 Å². The standard InChI is InChI=1S/C14H18N4O2/c1-8-15-11-12(16-8)17(6-9-2-3-9)14(20)18(13(11)19)7-10-4-5-10/h9-10H,2-7H2,1H3,(H,15,16). The topological polar surface area (TPSA) is 72.7 Å². The highest BCUT2D eigenvalue weighted by Gasteiger charge is 2.28. The Hall–Kier alpha value is -1.85. The lowest BCUT2D eigenvalue weighted by atomic mass is 10.3. The number of nitrogens with one attached hydrogen (secondary N) is 1. The number of H-pyrrole nitrogens is 1. The van der Waals surface area contributed by atoms with Gasteiger partial charge in [0.05, 0.1) is 0 Å². The van der Waals surface area contributed by atoms with E-state index in [2.05, 4.69) is 9.97 Å². The molecule has 0 saturated heterocycles. The van der Waals surface area contributed by atoms with Gasteiger partial charge in [0, 0.05) is 13.1 Å². The first-order chi connectivity index (χ1) is 9.63. The summed E-state index contributed by atoms with van der Waals surface area (Å²) in [6, 6.07) is 0. The molecule has 2 fully saturated rings. The highest BCUT2D eigenvalue weighted by Crippen LogP contribution is 2.31. The molecule has 0 aliphatic heterocycles. The van der Waals surface area contributed by atoms with Gasteiger partial charge < -0.3 is 4.98 Å². The van der Waals surface area contributed by atoms with Gasteiger partial charge in [0.2, 0.25) is 0 Å². The van der Waals surface area contributed by atoms with E-state index >= 15 is 0 Å². The molecule has 20 heavy (non-hydrogen) atoms. The average Bonchev–Trinajstić information content (AvgIpc) is 3.31. The van der Waals surface area contributed by atoms with Crippen LogP contribution in [0.1, 0.15) is 31.5 Å². The summed E-state index contributed by atoms with van der Waals surface area (Å²) in [7, 11) is 0. The summed E-state index contributed by atoms with van der Waals surface area (Å²) >= 11 is 0. The Balaban J connectivity index is 1.95. The number of fused-ring (bicyclic) bond motifs is 1. The maximum absolute atomic E-state index is 12.6. The molecule has 4 rings (SSSR count). The van der Waals surface area contributed by atoms with Crippen LogP contribution in [0.2, 0.25) is 0 Å². The normalized spacial score (nSPS) is 18.9. The zero-order valence-electron chi connectivity index (χ0n) is 11.6. The van der Waals surface area contributed by atoms with Gasteiger partial charge in [-0.25, -0.2) is 9.78 Å². The van der Waals surface area contributed by atoms with Crippen molar-refractivity contribution in [3.63, 3.8) is 0 Å². The fraction of sp³-hybridized carbons (Fsp3) is 0.643. The second-order valence-electron chi connectivity index (χ2n) is 6.22. The van der Waals surface area contributed by atoms with E-state index < -0.39 is 0 Å². The summed E-state index contributed by atoms with van der Waals surface area (Å²) in [4.78, 5) is 32.4. The van der Waals surface area contributed by atoms with Crippen LogP contribution in [0.3, 0.4) is 0 Å². The lowest BCUT2D eigenvalue weighted by Gasteiger charge is -2.10. The first-order valence-corrected chi connectivity index (χ1v) is 7.33. The summed E-state index contributed by atoms with van der Waals surface area (Å²) in [6.45, 7) is 3.05. The van der Waals surface area contributed by atoms with Crippen molar-refractivity contribution >= 4 is 11.2 Å². The molecule has 6 nitrogen and oxygen atoms in total. The zero-order chi connectivity index (χ0) is 13.9. The van der Waals surface area contributed by atoms with E-state index in [9.17, 15) is 9.59 Å². The molecule has 1 N–H and O–H groups in total. The lowest BCUT2D eigenvalue weighted by Crippen LogP contribution is -2.41. The maximum atomic E-state index is 12.6. The van der Waals surface area contributed by atoms with E-state index in [4.69, 9.17) is 0 Å². The van der Waals surface area contributed by atoms with Crippen LogP contribution < -0.4 is 11.2 Å². The quantitative estimate of drug-likeness (QED) is 0.904. The van der Waals surface area contributed by atoms with E-state index in [1.165, 1.54) is 17.4 Å². The molecule has 0 radical (unpaired) electrons. The highest BCUT2D eigenvalue weighted by molar-refractivity contribution is 5.69. The Morgan fingerprint density at radius 2 is 1.70 bits per heavy atom. The van der Waals surface area contributed by atoms with Crippen LogP contribution in [-0.4, -0.2) is 19.1 Å². The molecule has 6 heteroatoms. The number of aryl methyl sites for hydroxylation is 1. The minimum absolute atomic E-state index is 0.187. The van der Waals surface area contributed by atoms with Crippen molar-refractivity contribution in [1.82, 2.24) is 19.1 Å². The molecule has 2 aromatic heterocycles. The maximum Gasteiger partial charge on any atom is 0.332 e. The summed E-state index contributed by atoms with van der Waals surface area (Å²) in [5, 5.41) is 0. The predicted molar refractivity (Wildman–Crippen MR) is 74.8 cm³/mol. The molecule has 0 bridgehead atoms. The Morgan fingerprint density at radius 3 is 2.30 bits per heavy atom. The molecule has 0 amide bonds. The number of aromatic amines is 1. The van der Waals surface area contributed by atoms with Gasteiger partial charge in [-0.05, 0) is 44.4 Å². The summed E-state index contributed by atoms with van der Waals surface area (Å²) in [5.74, 6) is 1.75. The Kier molecular flexibility index (Phi) is 2.43. The minimum Gasteiger partial charge on any atom is -0.336 e. The number of nitrogens with zero attached hydrogens (tertiary/aromatic N) is 3. The Bertz CT molecular complexity index is 790. The number of hydrogen-bond acceptors (Lipinski definition) is 3. The molecule has 0 aromatic carbocycles. The highest BCUT2D eigenvalue weighted by atomic mass is 16.2. The van der Waals surface area contributed by atoms with E-state index in [1.54, 1.807) is 4.57 Å². The van der Waals surface area contributed by atoms with Crippen molar-refractivity contribution in [1.29, 1.82) is 0 Å². The smallest absolute Gasteiger partial charge is 0.332 e. The van der Waals surface area contributed by atoms with E-state index in [1.807, 2.05) is 6.92 Å². The Labute approximate surface area is 115 Å². The first kappa shape index (κ1) is 11.9. The zero-order valence-corrected chi connectivity index (χ0v) is 11.6. The van der Waals surface area contributed by atoms with Crippen LogP contribution in [0.5, 0.6) is 0 Å². The van der Waals surface area contributed by atoms with Crippen molar-refractivity contribution in [2.45, 2.75) is 45.7 Å². The van der Waals surface area contributed by atoms with Gasteiger partial charge in [-0.2, -0.15) is 0 Å². The molecule has 2 aliphatic rings. The number of rotatable bonds is 4.